The summed E-state index contributed by atoms with van der Waals surface area (Å²) in [5.74, 6) is 0.665. The quantitative estimate of drug-likeness (QED) is 0.326. The molecule has 2 N–H and O–H groups in total. The summed E-state index contributed by atoms with van der Waals surface area (Å²) in [5.41, 5.74) is 11.0. The zero-order valence-electron chi connectivity index (χ0n) is 16.4. The number of hydrogen-bond donors (Lipinski definition) is 1. The Labute approximate surface area is 188 Å². The molecule has 0 saturated carbocycles. The first-order valence-electron chi connectivity index (χ1n) is 9.84. The van der Waals surface area contributed by atoms with E-state index in [1.807, 2.05) is 4.68 Å². The van der Waals surface area contributed by atoms with Gasteiger partial charge in [0.1, 0.15) is 12.7 Å². The van der Waals surface area contributed by atoms with Crippen LogP contribution in [-0.4, -0.2) is 38.7 Å². The molecule has 1 saturated heterocycles. The van der Waals surface area contributed by atoms with Crippen LogP contribution in [0, 0.1) is 0 Å². The van der Waals surface area contributed by atoms with Gasteiger partial charge in [0.25, 0.3) is 0 Å². The molecular weight excluding hydrogens is 475 g/mol. The smallest absolute Gasteiger partial charge is 0.191 e. The van der Waals surface area contributed by atoms with Crippen LogP contribution < -0.4 is 5.73 Å². The number of likely N-dealkylation sites (tertiary alicyclic amines) is 1. The number of hydrogen-bond acceptors (Lipinski definition) is 3. The van der Waals surface area contributed by atoms with Crippen LogP contribution in [0.4, 0.5) is 0 Å². The molecule has 0 spiro atoms. The fraction of sp³-hybridized carbons (Fsp3) is 0.318. The fourth-order valence-corrected chi connectivity index (χ4v) is 3.62. The first kappa shape index (κ1) is 21.3. The van der Waals surface area contributed by atoms with Gasteiger partial charge in [0.05, 0.1) is 13.1 Å². The molecule has 29 heavy (non-hydrogen) atoms. The number of halogens is 1. The summed E-state index contributed by atoms with van der Waals surface area (Å²) in [6.07, 6.45) is 6.98. The first-order valence-corrected chi connectivity index (χ1v) is 9.84. The van der Waals surface area contributed by atoms with E-state index in [1.165, 1.54) is 41.5 Å². The van der Waals surface area contributed by atoms with Gasteiger partial charge in [0, 0.05) is 13.1 Å². The lowest BCUT2D eigenvalue weighted by Crippen LogP contribution is -2.40. The van der Waals surface area contributed by atoms with E-state index < -0.39 is 0 Å². The number of benzene rings is 2. The summed E-state index contributed by atoms with van der Waals surface area (Å²) in [6.45, 7) is 3.35. The lowest BCUT2D eigenvalue weighted by molar-refractivity contribution is 0.338. The maximum absolute atomic E-state index is 6.23. The Bertz CT molecular complexity index is 915. The summed E-state index contributed by atoms with van der Waals surface area (Å²) in [7, 11) is 0. The van der Waals surface area contributed by atoms with E-state index in [0.29, 0.717) is 12.5 Å². The molecule has 6 nitrogen and oxygen atoms in total. The first-order chi connectivity index (χ1) is 13.8. The zero-order chi connectivity index (χ0) is 19.2. The topological polar surface area (TPSA) is 72.3 Å². The molecule has 0 bridgehead atoms. The van der Waals surface area contributed by atoms with Crippen LogP contribution in [0.3, 0.4) is 0 Å². The summed E-state index contributed by atoms with van der Waals surface area (Å²) < 4.78 is 1.82. The highest BCUT2D eigenvalue weighted by Crippen LogP contribution is 2.25. The average molecular weight is 502 g/mol. The minimum atomic E-state index is 0. The van der Waals surface area contributed by atoms with E-state index >= 15 is 0 Å². The Morgan fingerprint density at radius 2 is 1.76 bits per heavy atom. The Balaban J connectivity index is 0.00000240. The number of nitrogens with zero attached hydrogens (tertiary/aromatic N) is 5. The number of aromatic nitrogens is 3. The van der Waals surface area contributed by atoms with Crippen LogP contribution >= 0.6 is 24.0 Å². The van der Waals surface area contributed by atoms with Gasteiger partial charge in [-0.25, -0.2) is 14.7 Å². The van der Waals surface area contributed by atoms with Gasteiger partial charge in [-0.05, 0) is 41.5 Å². The van der Waals surface area contributed by atoms with Crippen molar-refractivity contribution >= 4 is 29.9 Å². The van der Waals surface area contributed by atoms with Crippen LogP contribution in [0.5, 0.6) is 0 Å². The van der Waals surface area contributed by atoms with Crippen molar-refractivity contribution in [3.05, 3.63) is 72.3 Å². The molecule has 7 heteroatoms. The number of nitrogens with two attached hydrogens (primary N) is 1. The number of rotatable bonds is 5. The van der Waals surface area contributed by atoms with Gasteiger partial charge >= 0.3 is 0 Å². The number of aliphatic imine (C=N–C) groups is 1. The second-order valence-corrected chi connectivity index (χ2v) is 7.17. The molecule has 2 heterocycles. The normalized spacial score (nSPS) is 14.5. The third kappa shape index (κ3) is 5.56. The van der Waals surface area contributed by atoms with Gasteiger partial charge in [0.15, 0.2) is 5.96 Å². The summed E-state index contributed by atoms with van der Waals surface area (Å²) >= 11 is 0. The molecule has 2 aromatic carbocycles. The Morgan fingerprint density at radius 1 is 1.00 bits per heavy atom. The van der Waals surface area contributed by atoms with E-state index in [2.05, 4.69) is 68.5 Å². The van der Waals surface area contributed by atoms with Crippen LogP contribution in [0.25, 0.3) is 11.1 Å². The maximum atomic E-state index is 6.23. The van der Waals surface area contributed by atoms with Crippen molar-refractivity contribution in [3.63, 3.8) is 0 Å². The summed E-state index contributed by atoms with van der Waals surface area (Å²) in [4.78, 5) is 10.9. The molecule has 1 aromatic heterocycles. The van der Waals surface area contributed by atoms with Crippen molar-refractivity contribution in [2.24, 2.45) is 10.7 Å². The van der Waals surface area contributed by atoms with Crippen molar-refractivity contribution in [2.45, 2.75) is 32.4 Å². The average Bonchev–Trinajstić information content (AvgIpc) is 3.26. The molecule has 1 aliphatic rings. The predicted molar refractivity (Wildman–Crippen MR) is 127 cm³/mol. The SMILES string of the molecule is I.NC(=NCc1ccccc1-c1ccc(Cn2cncn2)cc1)N1CCCCC1. The fourth-order valence-electron chi connectivity index (χ4n) is 3.62. The van der Waals surface area contributed by atoms with Crippen LogP contribution in [0.2, 0.25) is 0 Å². The monoisotopic (exact) mass is 502 g/mol. The van der Waals surface area contributed by atoms with Crippen molar-refractivity contribution in [1.82, 2.24) is 19.7 Å². The van der Waals surface area contributed by atoms with E-state index in [1.54, 1.807) is 12.7 Å². The minimum Gasteiger partial charge on any atom is -0.370 e. The molecule has 0 unspecified atom stereocenters. The maximum Gasteiger partial charge on any atom is 0.191 e. The summed E-state index contributed by atoms with van der Waals surface area (Å²) in [5, 5.41) is 4.16. The van der Waals surface area contributed by atoms with Gasteiger partial charge < -0.3 is 10.6 Å². The standard InChI is InChI=1S/C22H26N6.HI/c23-22(27-12-4-1-5-13-27)25-14-20-6-2-3-7-21(20)19-10-8-18(9-11-19)15-28-17-24-16-26-28;/h2-3,6-11,16-17H,1,4-5,12-15H2,(H2,23,25);1H. The Morgan fingerprint density at radius 3 is 2.48 bits per heavy atom. The molecule has 4 rings (SSSR count). The molecule has 1 aliphatic heterocycles. The molecule has 152 valence electrons. The molecule has 0 amide bonds. The molecule has 0 radical (unpaired) electrons. The molecule has 1 fully saturated rings. The van der Waals surface area contributed by atoms with Gasteiger partial charge in [-0.15, -0.1) is 24.0 Å². The van der Waals surface area contributed by atoms with Gasteiger partial charge in [-0.3, -0.25) is 0 Å². The van der Waals surface area contributed by atoms with Gasteiger partial charge in [-0.1, -0.05) is 48.5 Å². The molecule has 3 aromatic rings. The van der Waals surface area contributed by atoms with Crippen molar-refractivity contribution in [1.29, 1.82) is 0 Å². The van der Waals surface area contributed by atoms with Gasteiger partial charge in [0.2, 0.25) is 0 Å². The minimum absolute atomic E-state index is 0. The Kier molecular flexibility index (Phi) is 7.62. The Hall–Kier alpha value is -2.42. The highest BCUT2D eigenvalue weighted by Gasteiger charge is 2.12. The third-order valence-corrected chi connectivity index (χ3v) is 5.18. The zero-order valence-corrected chi connectivity index (χ0v) is 18.8. The van der Waals surface area contributed by atoms with Crippen molar-refractivity contribution in [3.8, 4) is 11.1 Å². The molecular formula is C22H27IN6. The summed E-state index contributed by atoms with van der Waals surface area (Å²) in [6, 6.07) is 17.0. The highest BCUT2D eigenvalue weighted by molar-refractivity contribution is 14.0. The largest absolute Gasteiger partial charge is 0.370 e. The van der Waals surface area contributed by atoms with E-state index in [0.717, 1.165) is 19.6 Å². The van der Waals surface area contributed by atoms with Gasteiger partial charge in [-0.2, -0.15) is 5.10 Å². The van der Waals surface area contributed by atoms with Crippen molar-refractivity contribution in [2.75, 3.05) is 13.1 Å². The number of guanidine groups is 1. The molecule has 0 atom stereocenters. The number of piperidine rings is 1. The lowest BCUT2D eigenvalue weighted by atomic mass is 9.98. The van der Waals surface area contributed by atoms with Crippen LogP contribution in [0.1, 0.15) is 30.4 Å². The lowest BCUT2D eigenvalue weighted by Gasteiger charge is -2.27. The predicted octanol–water partition coefficient (Wildman–Crippen LogP) is 3.91. The van der Waals surface area contributed by atoms with E-state index in [-0.39, 0.29) is 24.0 Å². The van der Waals surface area contributed by atoms with Crippen LogP contribution in [0.15, 0.2) is 66.2 Å². The second kappa shape index (κ2) is 10.4. The van der Waals surface area contributed by atoms with Crippen molar-refractivity contribution < 1.29 is 0 Å². The highest BCUT2D eigenvalue weighted by atomic mass is 127. The second-order valence-electron chi connectivity index (χ2n) is 7.17. The van der Waals surface area contributed by atoms with Crippen LogP contribution in [-0.2, 0) is 13.1 Å². The molecule has 0 aliphatic carbocycles. The van der Waals surface area contributed by atoms with E-state index in [4.69, 9.17) is 5.73 Å². The van der Waals surface area contributed by atoms with E-state index in [9.17, 15) is 0 Å². The third-order valence-electron chi connectivity index (χ3n) is 5.18.